The minimum Gasteiger partial charge on any atom is -0.378 e. The van der Waals surface area contributed by atoms with E-state index in [0.29, 0.717) is 51.6 Å². The molecule has 2 fully saturated rings. The van der Waals surface area contributed by atoms with E-state index in [1.807, 2.05) is 4.90 Å². The molecule has 2 saturated heterocycles. The first-order valence-corrected chi connectivity index (χ1v) is 7.97. The van der Waals surface area contributed by atoms with Crippen molar-refractivity contribution in [2.45, 2.75) is 12.2 Å². The summed E-state index contributed by atoms with van der Waals surface area (Å²) in [5, 5.41) is 3.13. The Labute approximate surface area is 138 Å². The summed E-state index contributed by atoms with van der Waals surface area (Å²) in [6.07, 6.45) is -4.35. The van der Waals surface area contributed by atoms with Crippen LogP contribution in [0, 0.1) is 0 Å². The number of carbonyl (C=O) groups excluding carboxylic acids is 1. The van der Waals surface area contributed by atoms with Crippen molar-refractivity contribution in [2.75, 3.05) is 50.8 Å². The third-order valence-electron chi connectivity index (χ3n) is 4.35. The monoisotopic (exact) mass is 343 g/mol. The minimum absolute atomic E-state index is 0.00149. The Kier molecular flexibility index (Phi) is 4.96. The number of hydrogen-bond acceptors (Lipinski definition) is 4. The first kappa shape index (κ1) is 17.0. The van der Waals surface area contributed by atoms with E-state index in [-0.39, 0.29) is 11.9 Å². The van der Waals surface area contributed by atoms with Crippen LogP contribution in [0.25, 0.3) is 0 Å². The van der Waals surface area contributed by atoms with E-state index < -0.39 is 11.7 Å². The van der Waals surface area contributed by atoms with Crippen LogP contribution in [-0.4, -0.2) is 62.8 Å². The highest BCUT2D eigenvalue weighted by molar-refractivity contribution is 5.82. The standard InChI is InChI=1S/C16H20F3N3O2/c17-16(18,19)12-2-1-3-13(10-12)21-5-7-22(8-6-21)15(23)14-11-24-9-4-20-14/h1-3,10,14,20H,4-9,11H2. The van der Waals surface area contributed by atoms with E-state index in [0.717, 1.165) is 12.1 Å². The van der Waals surface area contributed by atoms with Crippen molar-refractivity contribution in [3.63, 3.8) is 0 Å². The fraction of sp³-hybridized carbons (Fsp3) is 0.562. The van der Waals surface area contributed by atoms with Crippen LogP contribution in [0.4, 0.5) is 18.9 Å². The Balaban J connectivity index is 1.60. The lowest BCUT2D eigenvalue weighted by atomic mass is 10.1. The number of rotatable bonds is 2. The summed E-state index contributed by atoms with van der Waals surface area (Å²) in [5.74, 6) is -0.00149. The molecule has 3 rings (SSSR count). The lowest BCUT2D eigenvalue weighted by Crippen LogP contribution is -2.57. The third-order valence-corrected chi connectivity index (χ3v) is 4.35. The quantitative estimate of drug-likeness (QED) is 0.880. The van der Waals surface area contributed by atoms with E-state index in [1.165, 1.54) is 6.07 Å². The van der Waals surface area contributed by atoms with Gasteiger partial charge in [0.05, 0.1) is 18.8 Å². The number of benzene rings is 1. The highest BCUT2D eigenvalue weighted by Crippen LogP contribution is 2.31. The maximum atomic E-state index is 12.8. The lowest BCUT2D eigenvalue weighted by Gasteiger charge is -2.38. The molecule has 1 aromatic carbocycles. The van der Waals surface area contributed by atoms with Crippen LogP contribution >= 0.6 is 0 Å². The van der Waals surface area contributed by atoms with Crippen LogP contribution in [0.2, 0.25) is 0 Å². The van der Waals surface area contributed by atoms with Crippen molar-refractivity contribution in [3.05, 3.63) is 29.8 Å². The van der Waals surface area contributed by atoms with Crippen molar-refractivity contribution >= 4 is 11.6 Å². The van der Waals surface area contributed by atoms with Crippen molar-refractivity contribution in [1.29, 1.82) is 0 Å². The maximum Gasteiger partial charge on any atom is 0.416 e. The fourth-order valence-electron chi connectivity index (χ4n) is 3.01. The molecule has 0 bridgehead atoms. The van der Waals surface area contributed by atoms with Gasteiger partial charge in [-0.1, -0.05) is 6.07 Å². The summed E-state index contributed by atoms with van der Waals surface area (Å²) in [7, 11) is 0. The molecule has 1 N–H and O–H groups in total. The molecule has 2 aliphatic rings. The molecule has 132 valence electrons. The van der Waals surface area contributed by atoms with Gasteiger partial charge in [0.15, 0.2) is 0 Å². The molecule has 1 unspecified atom stereocenters. The van der Waals surface area contributed by atoms with E-state index in [1.54, 1.807) is 11.0 Å². The largest absolute Gasteiger partial charge is 0.416 e. The molecule has 0 saturated carbocycles. The van der Waals surface area contributed by atoms with Gasteiger partial charge in [-0.15, -0.1) is 0 Å². The molecular formula is C16H20F3N3O2. The predicted molar refractivity (Wildman–Crippen MR) is 82.8 cm³/mol. The molecular weight excluding hydrogens is 323 g/mol. The summed E-state index contributed by atoms with van der Waals surface area (Å²) in [4.78, 5) is 16.0. The number of amides is 1. The zero-order chi connectivity index (χ0) is 17.2. The number of morpholine rings is 1. The Bertz CT molecular complexity index is 580. The first-order chi connectivity index (χ1) is 11.4. The zero-order valence-corrected chi connectivity index (χ0v) is 13.2. The smallest absolute Gasteiger partial charge is 0.378 e. The topological polar surface area (TPSA) is 44.8 Å². The van der Waals surface area contributed by atoms with Crippen LogP contribution in [0.3, 0.4) is 0 Å². The van der Waals surface area contributed by atoms with E-state index in [4.69, 9.17) is 4.74 Å². The fourth-order valence-corrected chi connectivity index (χ4v) is 3.01. The summed E-state index contributed by atoms with van der Waals surface area (Å²) in [5.41, 5.74) is -0.113. The second-order valence-corrected chi connectivity index (χ2v) is 5.94. The Hall–Kier alpha value is -1.80. The number of nitrogens with zero attached hydrogens (tertiary/aromatic N) is 2. The van der Waals surface area contributed by atoms with Crippen LogP contribution in [0.5, 0.6) is 0 Å². The number of anilines is 1. The number of piperazine rings is 1. The average molecular weight is 343 g/mol. The molecule has 2 heterocycles. The second-order valence-electron chi connectivity index (χ2n) is 5.94. The van der Waals surface area contributed by atoms with E-state index in [2.05, 4.69) is 5.32 Å². The van der Waals surface area contributed by atoms with Gasteiger partial charge in [-0.2, -0.15) is 13.2 Å². The Morgan fingerprint density at radius 3 is 2.58 bits per heavy atom. The summed E-state index contributed by atoms with van der Waals surface area (Å²) in [6, 6.07) is 4.99. The van der Waals surface area contributed by atoms with Gasteiger partial charge in [0.25, 0.3) is 0 Å². The molecule has 1 aromatic rings. The van der Waals surface area contributed by atoms with Gasteiger partial charge >= 0.3 is 6.18 Å². The summed E-state index contributed by atoms with van der Waals surface area (Å²) < 4.78 is 43.8. The second kappa shape index (κ2) is 6.98. The SMILES string of the molecule is O=C(C1COCCN1)N1CCN(c2cccc(C(F)(F)F)c2)CC1. The van der Waals surface area contributed by atoms with Crippen molar-refractivity contribution < 1.29 is 22.7 Å². The predicted octanol–water partition coefficient (Wildman–Crippen LogP) is 1.34. The molecule has 0 aromatic heterocycles. The highest BCUT2D eigenvalue weighted by Gasteiger charge is 2.32. The van der Waals surface area contributed by atoms with Crippen LogP contribution < -0.4 is 10.2 Å². The van der Waals surface area contributed by atoms with Gasteiger partial charge in [-0.3, -0.25) is 4.79 Å². The molecule has 0 spiro atoms. The highest BCUT2D eigenvalue weighted by atomic mass is 19.4. The molecule has 2 aliphatic heterocycles. The van der Waals surface area contributed by atoms with Crippen LogP contribution in [-0.2, 0) is 15.7 Å². The third kappa shape index (κ3) is 3.81. The van der Waals surface area contributed by atoms with Gasteiger partial charge in [0.2, 0.25) is 5.91 Å². The number of carbonyl (C=O) groups is 1. The van der Waals surface area contributed by atoms with E-state index in [9.17, 15) is 18.0 Å². The number of halogens is 3. The number of alkyl halides is 3. The zero-order valence-electron chi connectivity index (χ0n) is 13.2. The van der Waals surface area contributed by atoms with Crippen molar-refractivity contribution in [3.8, 4) is 0 Å². The van der Waals surface area contributed by atoms with Gasteiger partial charge in [0, 0.05) is 38.4 Å². The van der Waals surface area contributed by atoms with Gasteiger partial charge < -0.3 is 19.9 Å². The molecule has 24 heavy (non-hydrogen) atoms. The van der Waals surface area contributed by atoms with Gasteiger partial charge in [-0.25, -0.2) is 0 Å². The molecule has 0 aliphatic carbocycles. The maximum absolute atomic E-state index is 12.8. The number of hydrogen-bond donors (Lipinski definition) is 1. The average Bonchev–Trinajstić information content (AvgIpc) is 2.61. The van der Waals surface area contributed by atoms with Crippen molar-refractivity contribution in [1.82, 2.24) is 10.2 Å². The normalized spacial score (nSPS) is 22.5. The van der Waals surface area contributed by atoms with Crippen molar-refractivity contribution in [2.24, 2.45) is 0 Å². The molecule has 1 atom stereocenters. The van der Waals surface area contributed by atoms with E-state index >= 15 is 0 Å². The Morgan fingerprint density at radius 2 is 1.96 bits per heavy atom. The van der Waals surface area contributed by atoms with Gasteiger partial charge in [-0.05, 0) is 18.2 Å². The summed E-state index contributed by atoms with van der Waals surface area (Å²) in [6.45, 7) is 3.64. The van der Waals surface area contributed by atoms with Crippen LogP contribution in [0.15, 0.2) is 24.3 Å². The Morgan fingerprint density at radius 1 is 1.21 bits per heavy atom. The molecule has 0 radical (unpaired) electrons. The number of nitrogens with one attached hydrogen (secondary N) is 1. The van der Waals surface area contributed by atoms with Gasteiger partial charge in [0.1, 0.15) is 6.04 Å². The van der Waals surface area contributed by atoms with Crippen LogP contribution in [0.1, 0.15) is 5.56 Å². The molecule has 1 amide bonds. The number of ether oxygens (including phenoxy) is 1. The first-order valence-electron chi connectivity index (χ1n) is 7.97. The minimum atomic E-state index is -4.35. The lowest BCUT2D eigenvalue weighted by molar-refractivity contribution is -0.137. The molecule has 8 heteroatoms. The summed E-state index contributed by atoms with van der Waals surface area (Å²) >= 11 is 0. The molecule has 5 nitrogen and oxygen atoms in total.